The van der Waals surface area contributed by atoms with Crippen LogP contribution in [0.1, 0.15) is 0 Å². The molecule has 31 heavy (non-hydrogen) atoms. The van der Waals surface area contributed by atoms with Gasteiger partial charge in [-0.15, -0.1) is 0 Å². The van der Waals surface area contributed by atoms with Crippen molar-refractivity contribution in [1.29, 1.82) is 0 Å². The molecule has 0 aliphatic rings. The van der Waals surface area contributed by atoms with E-state index in [9.17, 15) is 18.4 Å². The number of halogens is 2. The Labute approximate surface area is 175 Å². The van der Waals surface area contributed by atoms with E-state index in [0.29, 0.717) is 22.8 Å². The predicted octanol–water partition coefficient (Wildman–Crippen LogP) is 3.33. The minimum atomic E-state index is -0.903. The van der Waals surface area contributed by atoms with Crippen LogP contribution in [0.5, 0.6) is 5.75 Å². The first-order chi connectivity index (χ1) is 14.9. The number of ether oxygens (including phenoxy) is 1. The highest BCUT2D eigenvalue weighted by Gasteiger charge is 2.17. The van der Waals surface area contributed by atoms with Gasteiger partial charge < -0.3 is 14.6 Å². The van der Waals surface area contributed by atoms with Gasteiger partial charge in [0, 0.05) is 24.9 Å². The van der Waals surface area contributed by atoms with Gasteiger partial charge in [0.05, 0.1) is 19.1 Å². The summed E-state index contributed by atoms with van der Waals surface area (Å²) in [4.78, 5) is 29.7. The highest BCUT2D eigenvalue weighted by molar-refractivity contribution is 5.93. The average Bonchev–Trinajstić information content (AvgIpc) is 3.09. The number of amides is 1. The number of carbonyl (C=O) groups excluding carboxylic acids is 1. The Hall–Kier alpha value is -4.01. The molecule has 1 amide bonds. The molecule has 9 heteroatoms. The van der Waals surface area contributed by atoms with Gasteiger partial charge >= 0.3 is 0 Å². The first kappa shape index (κ1) is 20.3. The topological polar surface area (TPSA) is 78.1 Å². The maximum Gasteiger partial charge on any atom is 0.278 e. The molecule has 0 aliphatic carbocycles. The summed E-state index contributed by atoms with van der Waals surface area (Å²) in [6.07, 6.45) is 3.06. The number of carbonyl (C=O) groups is 1. The Kier molecular flexibility index (Phi) is 5.24. The van der Waals surface area contributed by atoms with Crippen LogP contribution in [0.3, 0.4) is 0 Å². The Morgan fingerprint density at radius 1 is 1.19 bits per heavy atom. The fourth-order valence-corrected chi connectivity index (χ4v) is 3.36. The summed E-state index contributed by atoms with van der Waals surface area (Å²) in [7, 11) is 3.29. The molecule has 2 aromatic carbocycles. The van der Waals surface area contributed by atoms with Crippen LogP contribution in [-0.2, 0) is 18.4 Å². The number of benzene rings is 2. The van der Waals surface area contributed by atoms with Gasteiger partial charge in [0.2, 0.25) is 5.91 Å². The molecule has 0 unspecified atom stereocenters. The Balaban J connectivity index is 1.66. The number of fused-ring (bicyclic) bond motifs is 1. The second-order valence-corrected chi connectivity index (χ2v) is 6.93. The number of hydrogen-bond donors (Lipinski definition) is 1. The second kappa shape index (κ2) is 8.02. The number of aromatic nitrogens is 3. The van der Waals surface area contributed by atoms with Crippen molar-refractivity contribution in [2.75, 3.05) is 12.4 Å². The molecule has 0 spiro atoms. The molecular formula is C22H18F2N4O3. The molecule has 4 rings (SSSR count). The van der Waals surface area contributed by atoms with Gasteiger partial charge in [-0.05, 0) is 29.8 Å². The van der Waals surface area contributed by atoms with Gasteiger partial charge in [-0.25, -0.2) is 13.8 Å². The van der Waals surface area contributed by atoms with E-state index in [2.05, 4.69) is 10.3 Å². The molecule has 0 saturated carbocycles. The van der Waals surface area contributed by atoms with Crippen LogP contribution in [-0.4, -0.2) is 27.1 Å². The zero-order chi connectivity index (χ0) is 22.1. The van der Waals surface area contributed by atoms with Gasteiger partial charge in [-0.2, -0.15) is 0 Å². The van der Waals surface area contributed by atoms with Crippen LogP contribution < -0.4 is 15.6 Å². The van der Waals surface area contributed by atoms with Crippen molar-refractivity contribution < 1.29 is 18.3 Å². The minimum absolute atomic E-state index is 0.173. The molecule has 2 heterocycles. The summed E-state index contributed by atoms with van der Waals surface area (Å²) < 4.78 is 34.8. The van der Waals surface area contributed by atoms with Crippen LogP contribution in [0.4, 0.5) is 14.5 Å². The van der Waals surface area contributed by atoms with Crippen molar-refractivity contribution in [2.45, 2.75) is 6.54 Å². The predicted molar refractivity (Wildman–Crippen MR) is 112 cm³/mol. The number of nitrogens with zero attached hydrogens (tertiary/aromatic N) is 3. The fraction of sp³-hybridized carbons (Fsp3) is 0.136. The highest BCUT2D eigenvalue weighted by Crippen LogP contribution is 2.29. The molecule has 1 N–H and O–H groups in total. The van der Waals surface area contributed by atoms with Gasteiger partial charge in [0.1, 0.15) is 35.0 Å². The van der Waals surface area contributed by atoms with E-state index in [4.69, 9.17) is 4.74 Å². The largest absolute Gasteiger partial charge is 0.497 e. The van der Waals surface area contributed by atoms with E-state index in [1.54, 1.807) is 24.9 Å². The Bertz CT molecular complexity index is 1360. The van der Waals surface area contributed by atoms with E-state index in [1.165, 1.54) is 6.33 Å². The molecule has 0 fully saturated rings. The maximum absolute atomic E-state index is 13.8. The summed E-state index contributed by atoms with van der Waals surface area (Å²) in [6.45, 7) is -0.377. The Morgan fingerprint density at radius 2 is 2.00 bits per heavy atom. The summed E-state index contributed by atoms with van der Waals surface area (Å²) in [6, 6.07) is 10.2. The lowest BCUT2D eigenvalue weighted by Gasteiger charge is -2.09. The highest BCUT2D eigenvalue weighted by atomic mass is 19.1. The van der Waals surface area contributed by atoms with E-state index in [1.807, 2.05) is 24.3 Å². The summed E-state index contributed by atoms with van der Waals surface area (Å²) in [5, 5.41) is 2.33. The van der Waals surface area contributed by atoms with Crippen molar-refractivity contribution in [3.8, 4) is 16.9 Å². The maximum atomic E-state index is 13.8. The molecule has 2 aromatic heterocycles. The molecule has 0 atom stereocenters. The van der Waals surface area contributed by atoms with E-state index < -0.39 is 23.1 Å². The van der Waals surface area contributed by atoms with Crippen molar-refractivity contribution in [1.82, 2.24) is 14.1 Å². The zero-order valence-corrected chi connectivity index (χ0v) is 16.7. The van der Waals surface area contributed by atoms with Crippen LogP contribution in [0.25, 0.3) is 22.2 Å². The van der Waals surface area contributed by atoms with Crippen molar-refractivity contribution >= 4 is 22.6 Å². The summed E-state index contributed by atoms with van der Waals surface area (Å²) in [5.41, 5.74) is 1.80. The van der Waals surface area contributed by atoms with Crippen LogP contribution in [0.2, 0.25) is 0 Å². The summed E-state index contributed by atoms with van der Waals surface area (Å²) >= 11 is 0. The van der Waals surface area contributed by atoms with Crippen molar-refractivity contribution in [3.05, 3.63) is 77.0 Å². The third kappa shape index (κ3) is 3.89. The van der Waals surface area contributed by atoms with Crippen LogP contribution in [0, 0.1) is 11.6 Å². The lowest BCUT2D eigenvalue weighted by Crippen LogP contribution is -2.28. The Morgan fingerprint density at radius 3 is 2.74 bits per heavy atom. The number of hydrogen-bond acceptors (Lipinski definition) is 4. The first-order valence-corrected chi connectivity index (χ1v) is 9.31. The number of methoxy groups -OCH3 is 1. The molecular weight excluding hydrogens is 406 g/mol. The molecule has 158 valence electrons. The number of aryl methyl sites for hydroxylation is 1. The van der Waals surface area contributed by atoms with E-state index in [0.717, 1.165) is 27.8 Å². The number of rotatable bonds is 5. The third-order valence-corrected chi connectivity index (χ3v) is 4.84. The minimum Gasteiger partial charge on any atom is -0.497 e. The van der Waals surface area contributed by atoms with Crippen LogP contribution in [0.15, 0.2) is 59.8 Å². The molecule has 4 aromatic rings. The van der Waals surface area contributed by atoms with E-state index >= 15 is 0 Å². The molecule has 0 aliphatic heterocycles. The smallest absolute Gasteiger partial charge is 0.278 e. The molecule has 0 saturated heterocycles. The number of anilines is 1. The standard InChI is InChI=1S/C22H18F2N4O3/c1-27-10-16(13-4-3-5-15(8-13)31-2)20-21(27)22(30)28(12-25-20)11-19(29)26-18-7-6-14(23)9-17(18)24/h3-10,12H,11H2,1-2H3,(H,26,29). The average molecular weight is 424 g/mol. The van der Waals surface area contributed by atoms with Gasteiger partial charge in [-0.3, -0.25) is 14.2 Å². The quantitative estimate of drug-likeness (QED) is 0.533. The SMILES string of the molecule is COc1cccc(-c2cn(C)c3c(=O)n(CC(=O)Nc4ccc(F)cc4F)cnc23)c1. The van der Waals surface area contributed by atoms with Gasteiger partial charge in [0.15, 0.2) is 0 Å². The lowest BCUT2D eigenvalue weighted by atomic mass is 10.1. The van der Waals surface area contributed by atoms with Gasteiger partial charge in [-0.1, -0.05) is 12.1 Å². The second-order valence-electron chi connectivity index (χ2n) is 6.93. The molecule has 0 bridgehead atoms. The van der Waals surface area contributed by atoms with Crippen molar-refractivity contribution in [2.24, 2.45) is 7.05 Å². The van der Waals surface area contributed by atoms with Crippen molar-refractivity contribution in [3.63, 3.8) is 0 Å². The molecule has 7 nitrogen and oxygen atoms in total. The molecule has 0 radical (unpaired) electrons. The lowest BCUT2D eigenvalue weighted by molar-refractivity contribution is -0.116. The van der Waals surface area contributed by atoms with E-state index in [-0.39, 0.29) is 12.2 Å². The number of nitrogens with one attached hydrogen (secondary N) is 1. The summed E-state index contributed by atoms with van der Waals surface area (Å²) in [5.74, 6) is -1.62. The van der Waals surface area contributed by atoms with Crippen LogP contribution >= 0.6 is 0 Å². The monoisotopic (exact) mass is 424 g/mol. The first-order valence-electron chi connectivity index (χ1n) is 9.31. The normalized spacial score (nSPS) is 11.0. The fourth-order valence-electron chi connectivity index (χ4n) is 3.36. The third-order valence-electron chi connectivity index (χ3n) is 4.84. The van der Waals surface area contributed by atoms with Gasteiger partial charge in [0.25, 0.3) is 5.56 Å². The zero-order valence-electron chi connectivity index (χ0n) is 16.7.